The molecule has 2 aromatic carbocycles. The Labute approximate surface area is 190 Å². The fourth-order valence-corrected chi connectivity index (χ4v) is 6.32. The van der Waals surface area contributed by atoms with Crippen molar-refractivity contribution in [1.82, 2.24) is 14.5 Å². The van der Waals surface area contributed by atoms with Crippen molar-refractivity contribution in [2.45, 2.75) is 43.5 Å². The van der Waals surface area contributed by atoms with Gasteiger partial charge in [0.1, 0.15) is 10.8 Å². The van der Waals surface area contributed by atoms with Crippen LogP contribution in [0.15, 0.2) is 53.4 Å². The van der Waals surface area contributed by atoms with Gasteiger partial charge in [-0.05, 0) is 61.2 Å². The average Bonchev–Trinajstić information content (AvgIpc) is 3.46. The summed E-state index contributed by atoms with van der Waals surface area (Å²) in [4.78, 5) is 12.7. The summed E-state index contributed by atoms with van der Waals surface area (Å²) in [6.07, 6.45) is 3.21. The number of nitrogens with one attached hydrogen (secondary N) is 1. The lowest BCUT2D eigenvalue weighted by atomic mass is 10.1. The number of aryl methyl sites for hydroxylation is 1. The van der Waals surface area contributed by atoms with E-state index >= 15 is 0 Å². The van der Waals surface area contributed by atoms with Gasteiger partial charge in [0.05, 0.1) is 10.9 Å². The normalized spacial score (nSPS) is 16.9. The Bertz CT molecular complexity index is 1190. The topological polar surface area (TPSA) is 92.3 Å². The Kier molecular flexibility index (Phi) is 6.63. The van der Waals surface area contributed by atoms with E-state index < -0.39 is 27.8 Å². The molecule has 0 aliphatic carbocycles. The predicted octanol–water partition coefficient (Wildman–Crippen LogP) is 4.41. The number of hydrogen-bond donors (Lipinski definition) is 1. The van der Waals surface area contributed by atoms with Crippen LogP contribution in [-0.4, -0.2) is 35.4 Å². The fraction of sp³-hybridized carbons (Fsp3) is 0.318. The van der Waals surface area contributed by atoms with Gasteiger partial charge in [-0.1, -0.05) is 36.8 Å². The summed E-state index contributed by atoms with van der Waals surface area (Å²) in [6.45, 7) is 2.47. The van der Waals surface area contributed by atoms with Crippen molar-refractivity contribution in [1.29, 1.82) is 0 Å². The van der Waals surface area contributed by atoms with E-state index in [9.17, 15) is 17.6 Å². The zero-order valence-corrected chi connectivity index (χ0v) is 19.1. The number of amides is 1. The summed E-state index contributed by atoms with van der Waals surface area (Å²) in [5, 5.41) is 11.3. The minimum absolute atomic E-state index is 0.123. The first kappa shape index (κ1) is 22.5. The van der Waals surface area contributed by atoms with Gasteiger partial charge in [-0.2, -0.15) is 4.31 Å². The van der Waals surface area contributed by atoms with Gasteiger partial charge in [0.2, 0.25) is 15.0 Å². The number of benzene rings is 2. The Morgan fingerprint density at radius 1 is 1.16 bits per heavy atom. The van der Waals surface area contributed by atoms with Gasteiger partial charge in [-0.25, -0.2) is 12.8 Å². The largest absolute Gasteiger partial charge is 0.320 e. The molecule has 1 fully saturated rings. The molecule has 1 amide bonds. The molecule has 1 aromatic heterocycles. The minimum Gasteiger partial charge on any atom is -0.320 e. The third-order valence-corrected chi connectivity index (χ3v) is 8.24. The average molecular weight is 475 g/mol. The zero-order chi connectivity index (χ0) is 22.7. The first-order chi connectivity index (χ1) is 15.4. The highest BCUT2D eigenvalue weighted by Gasteiger charge is 2.38. The van der Waals surface area contributed by atoms with Gasteiger partial charge < -0.3 is 5.32 Å². The second-order valence-corrected chi connectivity index (χ2v) is 10.5. The van der Waals surface area contributed by atoms with Crippen molar-refractivity contribution in [3.05, 3.63) is 69.9 Å². The van der Waals surface area contributed by atoms with E-state index in [1.54, 1.807) is 12.1 Å². The molecule has 32 heavy (non-hydrogen) atoms. The van der Waals surface area contributed by atoms with Crippen molar-refractivity contribution in [3.63, 3.8) is 0 Å². The standard InChI is InChI=1S/C22H23FN4O3S2/c1-2-4-15-6-12-18(13-7-15)32(29,30)27-14-3-5-19(27)21-25-26-22(31-21)20(28)24-17-10-8-16(23)9-11-17/h6-13,19H,2-5,14H2,1H3,(H,24,28). The molecule has 2 heterocycles. The molecule has 4 rings (SSSR count). The van der Waals surface area contributed by atoms with Crippen molar-refractivity contribution >= 4 is 33.0 Å². The summed E-state index contributed by atoms with van der Waals surface area (Å²) in [5.74, 6) is -0.872. The van der Waals surface area contributed by atoms with Gasteiger partial charge in [0.25, 0.3) is 5.91 Å². The molecule has 0 bridgehead atoms. The van der Waals surface area contributed by atoms with Crippen LogP contribution in [0.3, 0.4) is 0 Å². The van der Waals surface area contributed by atoms with Gasteiger partial charge >= 0.3 is 0 Å². The number of aromatic nitrogens is 2. The highest BCUT2D eigenvalue weighted by atomic mass is 32.2. The SMILES string of the molecule is CCCc1ccc(S(=O)(=O)N2CCCC2c2nnc(C(=O)Nc3ccc(F)cc3)s2)cc1. The molecule has 1 atom stereocenters. The van der Waals surface area contributed by atoms with Crippen LogP contribution in [0.1, 0.15) is 52.6 Å². The van der Waals surface area contributed by atoms with Crippen LogP contribution in [0.4, 0.5) is 10.1 Å². The number of rotatable bonds is 7. The second kappa shape index (κ2) is 9.43. The third kappa shape index (κ3) is 4.72. The number of anilines is 1. The van der Waals surface area contributed by atoms with Crippen LogP contribution in [0.5, 0.6) is 0 Å². The first-order valence-electron chi connectivity index (χ1n) is 10.4. The molecule has 0 radical (unpaired) electrons. The van der Waals surface area contributed by atoms with E-state index in [0.29, 0.717) is 30.1 Å². The lowest BCUT2D eigenvalue weighted by Crippen LogP contribution is -2.30. The number of hydrogen-bond acceptors (Lipinski definition) is 6. The van der Waals surface area contributed by atoms with Crippen LogP contribution < -0.4 is 5.32 Å². The summed E-state index contributed by atoms with van der Waals surface area (Å²) in [6, 6.07) is 11.9. The fourth-order valence-electron chi connectivity index (χ4n) is 3.71. The van der Waals surface area contributed by atoms with E-state index in [-0.39, 0.29) is 9.90 Å². The lowest BCUT2D eigenvalue weighted by molar-refractivity contribution is 0.102. The van der Waals surface area contributed by atoms with Crippen molar-refractivity contribution < 1.29 is 17.6 Å². The molecule has 1 aliphatic heterocycles. The molecular formula is C22H23FN4O3S2. The van der Waals surface area contributed by atoms with Crippen molar-refractivity contribution in [3.8, 4) is 0 Å². The highest BCUT2D eigenvalue weighted by Crippen LogP contribution is 2.37. The monoisotopic (exact) mass is 474 g/mol. The molecule has 1 N–H and O–H groups in total. The van der Waals surface area contributed by atoms with Crippen molar-refractivity contribution in [2.75, 3.05) is 11.9 Å². The Balaban J connectivity index is 1.51. The Morgan fingerprint density at radius 2 is 1.88 bits per heavy atom. The van der Waals surface area contributed by atoms with Crippen LogP contribution in [0, 0.1) is 5.82 Å². The summed E-state index contributed by atoms with van der Waals surface area (Å²) >= 11 is 1.07. The van der Waals surface area contributed by atoms with Crippen LogP contribution in [-0.2, 0) is 16.4 Å². The molecule has 7 nitrogen and oxygen atoms in total. The number of halogens is 1. The molecule has 0 saturated carbocycles. The van der Waals surface area contributed by atoms with Gasteiger partial charge in [0, 0.05) is 12.2 Å². The number of carbonyl (C=O) groups excluding carboxylic acids is 1. The maximum Gasteiger partial charge on any atom is 0.286 e. The van der Waals surface area contributed by atoms with Crippen LogP contribution >= 0.6 is 11.3 Å². The lowest BCUT2D eigenvalue weighted by Gasteiger charge is -2.22. The number of nitrogens with zero attached hydrogens (tertiary/aromatic N) is 3. The molecule has 1 unspecified atom stereocenters. The molecular weight excluding hydrogens is 451 g/mol. The number of carbonyl (C=O) groups is 1. The van der Waals surface area contributed by atoms with E-state index in [1.807, 2.05) is 12.1 Å². The molecule has 168 valence electrons. The van der Waals surface area contributed by atoms with E-state index in [4.69, 9.17) is 0 Å². The van der Waals surface area contributed by atoms with E-state index in [0.717, 1.165) is 29.7 Å². The number of sulfonamides is 1. The van der Waals surface area contributed by atoms with Crippen LogP contribution in [0.2, 0.25) is 0 Å². The summed E-state index contributed by atoms with van der Waals surface area (Å²) in [7, 11) is -3.70. The highest BCUT2D eigenvalue weighted by molar-refractivity contribution is 7.89. The van der Waals surface area contributed by atoms with Gasteiger partial charge in [-0.15, -0.1) is 10.2 Å². The summed E-state index contributed by atoms with van der Waals surface area (Å²) < 4.78 is 41.0. The molecule has 0 spiro atoms. The zero-order valence-electron chi connectivity index (χ0n) is 17.5. The molecule has 1 aliphatic rings. The van der Waals surface area contributed by atoms with E-state index in [2.05, 4.69) is 22.4 Å². The minimum atomic E-state index is -3.70. The molecule has 3 aromatic rings. The van der Waals surface area contributed by atoms with Gasteiger partial charge in [-0.3, -0.25) is 4.79 Å². The van der Waals surface area contributed by atoms with Crippen LogP contribution in [0.25, 0.3) is 0 Å². The maximum atomic E-state index is 13.3. The smallest absolute Gasteiger partial charge is 0.286 e. The van der Waals surface area contributed by atoms with E-state index in [1.165, 1.54) is 28.6 Å². The molecule has 1 saturated heterocycles. The Hall–Kier alpha value is -2.69. The Morgan fingerprint density at radius 3 is 2.56 bits per heavy atom. The third-order valence-electron chi connectivity index (χ3n) is 5.29. The summed E-state index contributed by atoms with van der Waals surface area (Å²) in [5.41, 5.74) is 1.54. The van der Waals surface area contributed by atoms with Crippen molar-refractivity contribution in [2.24, 2.45) is 0 Å². The first-order valence-corrected chi connectivity index (χ1v) is 12.6. The predicted molar refractivity (Wildman–Crippen MR) is 121 cm³/mol. The maximum absolute atomic E-state index is 13.3. The molecule has 10 heteroatoms. The van der Waals surface area contributed by atoms with Gasteiger partial charge in [0.15, 0.2) is 0 Å². The quantitative estimate of drug-likeness (QED) is 0.548. The second-order valence-electron chi connectivity index (χ2n) is 7.57.